The van der Waals surface area contributed by atoms with Gasteiger partial charge in [0.15, 0.2) is 0 Å². The van der Waals surface area contributed by atoms with Gasteiger partial charge in [-0.15, -0.1) is 6.58 Å². The van der Waals surface area contributed by atoms with E-state index in [9.17, 15) is 0 Å². The summed E-state index contributed by atoms with van der Waals surface area (Å²) in [4.78, 5) is 0. The highest BCUT2D eigenvalue weighted by atomic mass is 32.2. The first kappa shape index (κ1) is 12.1. The Hall–Kier alpha value is 0.0100. The molecule has 1 atom stereocenters. The molecule has 3 heteroatoms. The van der Waals surface area contributed by atoms with E-state index >= 15 is 0 Å². The molecule has 0 aliphatic carbocycles. The molecule has 3 N–H and O–H groups in total. The lowest BCUT2D eigenvalue weighted by Gasteiger charge is -2.50. The van der Waals surface area contributed by atoms with Gasteiger partial charge in [0.05, 0.1) is 0 Å². The SMILES string of the molecule is C=CCNC1(CN)CSCCC1(C)C. The standard InChI is InChI=1S/C11H22N2S/c1-4-6-13-11(8-12)9-14-7-5-10(11,2)3/h4,13H,1,5-9,12H2,2-3H3. The van der Waals surface area contributed by atoms with Gasteiger partial charge in [0, 0.05) is 24.4 Å². The van der Waals surface area contributed by atoms with Gasteiger partial charge in [-0.2, -0.15) is 11.8 Å². The van der Waals surface area contributed by atoms with Crippen LogP contribution >= 0.6 is 11.8 Å². The smallest absolute Gasteiger partial charge is 0.0449 e. The van der Waals surface area contributed by atoms with Gasteiger partial charge in [-0.25, -0.2) is 0 Å². The summed E-state index contributed by atoms with van der Waals surface area (Å²) < 4.78 is 0. The molecular weight excluding hydrogens is 192 g/mol. The first-order valence-corrected chi connectivity index (χ1v) is 6.37. The average Bonchev–Trinajstić information content (AvgIpc) is 2.16. The van der Waals surface area contributed by atoms with E-state index < -0.39 is 0 Å². The molecule has 1 rings (SSSR count). The molecule has 14 heavy (non-hydrogen) atoms. The highest BCUT2D eigenvalue weighted by molar-refractivity contribution is 7.99. The summed E-state index contributed by atoms with van der Waals surface area (Å²) in [6.07, 6.45) is 3.14. The van der Waals surface area contributed by atoms with Crippen LogP contribution < -0.4 is 11.1 Å². The third kappa shape index (κ3) is 2.15. The Morgan fingerprint density at radius 1 is 1.57 bits per heavy atom. The zero-order valence-electron chi connectivity index (χ0n) is 9.31. The van der Waals surface area contributed by atoms with E-state index in [2.05, 4.69) is 25.7 Å². The molecule has 1 aliphatic rings. The molecular formula is C11H22N2S. The molecule has 1 saturated heterocycles. The summed E-state index contributed by atoms with van der Waals surface area (Å²) in [5.41, 5.74) is 6.32. The zero-order valence-corrected chi connectivity index (χ0v) is 10.1. The van der Waals surface area contributed by atoms with Crippen molar-refractivity contribution in [2.24, 2.45) is 11.1 Å². The van der Waals surface area contributed by atoms with Gasteiger partial charge in [0.1, 0.15) is 0 Å². The predicted octanol–water partition coefficient (Wildman–Crippen LogP) is 1.62. The Balaban J connectivity index is 2.76. The van der Waals surface area contributed by atoms with Crippen LogP contribution in [-0.2, 0) is 0 Å². The second-order valence-corrected chi connectivity index (χ2v) is 5.75. The van der Waals surface area contributed by atoms with Crippen LogP contribution in [0.25, 0.3) is 0 Å². The first-order chi connectivity index (χ1) is 6.58. The van der Waals surface area contributed by atoms with Gasteiger partial charge in [0.25, 0.3) is 0 Å². The number of hydrogen-bond acceptors (Lipinski definition) is 3. The van der Waals surface area contributed by atoms with Gasteiger partial charge < -0.3 is 11.1 Å². The molecule has 1 unspecified atom stereocenters. The molecule has 0 saturated carbocycles. The maximum absolute atomic E-state index is 5.94. The van der Waals surface area contributed by atoms with E-state index in [1.165, 1.54) is 12.2 Å². The molecule has 0 aromatic carbocycles. The zero-order chi connectivity index (χ0) is 10.7. The predicted molar refractivity (Wildman–Crippen MR) is 65.7 cm³/mol. The maximum Gasteiger partial charge on any atom is 0.0449 e. The highest BCUT2D eigenvalue weighted by Crippen LogP contribution is 2.41. The fourth-order valence-corrected chi connectivity index (χ4v) is 3.73. The third-order valence-corrected chi connectivity index (χ3v) is 4.64. The molecule has 1 heterocycles. The number of thioether (sulfide) groups is 1. The van der Waals surface area contributed by atoms with Crippen molar-refractivity contribution < 1.29 is 0 Å². The van der Waals surface area contributed by atoms with E-state index in [1.807, 2.05) is 17.8 Å². The van der Waals surface area contributed by atoms with Crippen molar-refractivity contribution in [2.45, 2.75) is 25.8 Å². The van der Waals surface area contributed by atoms with Crippen LogP contribution in [0.4, 0.5) is 0 Å². The monoisotopic (exact) mass is 214 g/mol. The Morgan fingerprint density at radius 2 is 2.29 bits per heavy atom. The molecule has 0 radical (unpaired) electrons. The van der Waals surface area contributed by atoms with Crippen molar-refractivity contribution in [3.05, 3.63) is 12.7 Å². The molecule has 0 bridgehead atoms. The summed E-state index contributed by atoms with van der Waals surface area (Å²) in [5, 5.41) is 3.56. The Kier molecular flexibility index (Phi) is 4.04. The molecule has 0 amide bonds. The van der Waals surface area contributed by atoms with Gasteiger partial charge >= 0.3 is 0 Å². The van der Waals surface area contributed by atoms with Gasteiger partial charge in [-0.1, -0.05) is 19.9 Å². The minimum absolute atomic E-state index is 0.0874. The number of nitrogens with two attached hydrogens (primary N) is 1. The third-order valence-electron chi connectivity index (χ3n) is 3.45. The minimum atomic E-state index is 0.0874. The fraction of sp³-hybridized carbons (Fsp3) is 0.818. The van der Waals surface area contributed by atoms with E-state index in [0.29, 0.717) is 6.54 Å². The van der Waals surface area contributed by atoms with E-state index in [-0.39, 0.29) is 11.0 Å². The second kappa shape index (κ2) is 4.69. The summed E-state index contributed by atoms with van der Waals surface area (Å²) in [6, 6.07) is 0. The van der Waals surface area contributed by atoms with Crippen molar-refractivity contribution in [3.63, 3.8) is 0 Å². The van der Waals surface area contributed by atoms with Gasteiger partial charge in [-0.3, -0.25) is 0 Å². The van der Waals surface area contributed by atoms with Crippen LogP contribution in [0.3, 0.4) is 0 Å². The lowest BCUT2D eigenvalue weighted by atomic mass is 9.71. The van der Waals surface area contributed by atoms with E-state index in [1.54, 1.807) is 0 Å². The van der Waals surface area contributed by atoms with Crippen LogP contribution in [-0.4, -0.2) is 30.1 Å². The molecule has 0 spiro atoms. The Labute approximate surface area is 91.7 Å². The lowest BCUT2D eigenvalue weighted by molar-refractivity contribution is 0.142. The molecule has 82 valence electrons. The Morgan fingerprint density at radius 3 is 2.79 bits per heavy atom. The van der Waals surface area contributed by atoms with E-state index in [0.717, 1.165) is 12.3 Å². The van der Waals surface area contributed by atoms with Crippen molar-refractivity contribution >= 4 is 11.8 Å². The number of hydrogen-bond donors (Lipinski definition) is 2. The average molecular weight is 214 g/mol. The van der Waals surface area contributed by atoms with Crippen LogP contribution in [0.2, 0.25) is 0 Å². The maximum atomic E-state index is 5.94. The van der Waals surface area contributed by atoms with Gasteiger partial charge in [-0.05, 0) is 17.6 Å². The molecule has 0 aromatic heterocycles. The van der Waals surface area contributed by atoms with Gasteiger partial charge in [0.2, 0.25) is 0 Å². The largest absolute Gasteiger partial charge is 0.329 e. The second-order valence-electron chi connectivity index (χ2n) is 4.64. The van der Waals surface area contributed by atoms with Crippen molar-refractivity contribution in [3.8, 4) is 0 Å². The lowest BCUT2D eigenvalue weighted by Crippen LogP contribution is -2.64. The fourth-order valence-electron chi connectivity index (χ4n) is 1.97. The van der Waals surface area contributed by atoms with Crippen LogP contribution in [0.1, 0.15) is 20.3 Å². The van der Waals surface area contributed by atoms with Crippen molar-refractivity contribution in [1.82, 2.24) is 5.32 Å². The van der Waals surface area contributed by atoms with Crippen LogP contribution in [0.5, 0.6) is 0 Å². The summed E-state index contributed by atoms with van der Waals surface area (Å²) >= 11 is 2.00. The van der Waals surface area contributed by atoms with Crippen molar-refractivity contribution in [2.75, 3.05) is 24.6 Å². The minimum Gasteiger partial charge on any atom is -0.329 e. The highest BCUT2D eigenvalue weighted by Gasteiger charge is 2.45. The summed E-state index contributed by atoms with van der Waals surface area (Å²) in [6.45, 7) is 9.94. The topological polar surface area (TPSA) is 38.0 Å². The Bertz CT molecular complexity index is 203. The number of nitrogens with one attached hydrogen (secondary N) is 1. The van der Waals surface area contributed by atoms with Crippen LogP contribution in [0, 0.1) is 5.41 Å². The van der Waals surface area contributed by atoms with E-state index in [4.69, 9.17) is 5.73 Å². The molecule has 1 aliphatic heterocycles. The summed E-state index contributed by atoms with van der Waals surface area (Å²) in [7, 11) is 0. The summed E-state index contributed by atoms with van der Waals surface area (Å²) in [5.74, 6) is 2.37. The first-order valence-electron chi connectivity index (χ1n) is 5.22. The quantitative estimate of drug-likeness (QED) is 0.699. The number of rotatable bonds is 4. The van der Waals surface area contributed by atoms with Crippen LogP contribution in [0.15, 0.2) is 12.7 Å². The molecule has 2 nitrogen and oxygen atoms in total. The van der Waals surface area contributed by atoms with Crippen molar-refractivity contribution in [1.29, 1.82) is 0 Å². The molecule has 1 fully saturated rings. The normalized spacial score (nSPS) is 31.4. The molecule has 0 aromatic rings.